The van der Waals surface area contributed by atoms with Gasteiger partial charge in [-0.3, -0.25) is 0 Å². The zero-order valence-corrected chi connectivity index (χ0v) is 15.6. The number of nitrogens with zero attached hydrogens (tertiary/aromatic N) is 5. The van der Waals surface area contributed by atoms with Crippen LogP contribution in [0.4, 0.5) is 11.8 Å². The van der Waals surface area contributed by atoms with Crippen LogP contribution in [0.2, 0.25) is 0 Å². The van der Waals surface area contributed by atoms with Gasteiger partial charge in [0.05, 0.1) is 23.7 Å². The average Bonchev–Trinajstić information content (AvgIpc) is 3.09. The first-order chi connectivity index (χ1) is 12.9. The third kappa shape index (κ3) is 3.69. The molecule has 0 spiro atoms. The van der Waals surface area contributed by atoms with Crippen LogP contribution in [0, 0.1) is 0 Å². The summed E-state index contributed by atoms with van der Waals surface area (Å²) in [5.74, 6) is 0.653. The molecule has 10 nitrogen and oxygen atoms in total. The molecular formula is C16H20N8O2S. The highest BCUT2D eigenvalue weighted by atomic mass is 32.2. The molecule has 4 rings (SSSR count). The summed E-state index contributed by atoms with van der Waals surface area (Å²) < 4.78 is 25.2. The molecule has 1 fully saturated rings. The van der Waals surface area contributed by atoms with Crippen molar-refractivity contribution in [2.24, 2.45) is 0 Å². The van der Waals surface area contributed by atoms with Gasteiger partial charge in [-0.05, 0) is 18.9 Å². The number of nitrogens with one attached hydrogen (secondary N) is 2. The number of hydrogen-bond donors (Lipinski definition) is 3. The van der Waals surface area contributed by atoms with Crippen LogP contribution >= 0.6 is 0 Å². The number of rotatable bonds is 4. The minimum atomic E-state index is -3.23. The fourth-order valence-corrected chi connectivity index (χ4v) is 4.12. The van der Waals surface area contributed by atoms with Crippen LogP contribution in [0.3, 0.4) is 0 Å². The maximum absolute atomic E-state index is 11.9. The number of nitrogens with two attached hydrogens (primary N) is 1. The number of nitrogen functional groups attached to an aromatic ring is 1. The number of aromatic amines is 1. The fraction of sp³-hybridized carbons (Fsp3) is 0.375. The predicted octanol–water partition coefficient (Wildman–Crippen LogP) is 0.833. The van der Waals surface area contributed by atoms with E-state index in [0.29, 0.717) is 35.8 Å². The SMILES string of the molecule is CS(=O)(=O)N1CCCC(Nc2nc(N)ncc2-c2cnc3[nH]ccc3n2)C1. The van der Waals surface area contributed by atoms with Gasteiger partial charge in [-0.15, -0.1) is 0 Å². The maximum Gasteiger partial charge on any atom is 0.221 e. The van der Waals surface area contributed by atoms with Crippen molar-refractivity contribution in [1.82, 2.24) is 29.2 Å². The molecule has 4 N–H and O–H groups in total. The molecule has 0 radical (unpaired) electrons. The summed E-state index contributed by atoms with van der Waals surface area (Å²) in [4.78, 5) is 20.3. The molecule has 0 aromatic carbocycles. The van der Waals surface area contributed by atoms with Crippen LogP contribution in [0.15, 0.2) is 24.7 Å². The van der Waals surface area contributed by atoms with E-state index >= 15 is 0 Å². The Kier molecular flexibility index (Phi) is 4.40. The van der Waals surface area contributed by atoms with Gasteiger partial charge in [0.25, 0.3) is 0 Å². The molecule has 0 aliphatic carbocycles. The Labute approximate surface area is 156 Å². The van der Waals surface area contributed by atoms with E-state index in [1.165, 1.54) is 10.6 Å². The molecule has 3 aromatic rings. The number of sulfonamides is 1. The molecule has 1 saturated heterocycles. The highest BCUT2D eigenvalue weighted by Crippen LogP contribution is 2.27. The molecule has 4 heterocycles. The molecule has 1 unspecified atom stereocenters. The number of aromatic nitrogens is 5. The van der Waals surface area contributed by atoms with E-state index in [2.05, 4.69) is 30.2 Å². The molecule has 27 heavy (non-hydrogen) atoms. The van der Waals surface area contributed by atoms with Crippen LogP contribution in [-0.2, 0) is 10.0 Å². The normalized spacial score (nSPS) is 18.6. The second-order valence-electron chi connectivity index (χ2n) is 6.56. The quantitative estimate of drug-likeness (QED) is 0.596. The van der Waals surface area contributed by atoms with Crippen molar-refractivity contribution in [2.45, 2.75) is 18.9 Å². The third-order valence-corrected chi connectivity index (χ3v) is 5.81. The first-order valence-electron chi connectivity index (χ1n) is 8.55. The molecule has 0 bridgehead atoms. The summed E-state index contributed by atoms with van der Waals surface area (Å²) in [6.45, 7) is 0.913. The van der Waals surface area contributed by atoms with E-state index in [-0.39, 0.29) is 12.0 Å². The standard InChI is InChI=1S/C16H20N8O2S/c1-27(25,26)24-6-2-3-10(9-24)21-14-11(7-20-16(17)23-14)13-8-19-15-12(22-13)4-5-18-15/h4-5,7-8,10H,2-3,6,9H2,1H3,(H,18,19)(H3,17,20,21,23). The van der Waals surface area contributed by atoms with Crippen molar-refractivity contribution in [2.75, 3.05) is 30.4 Å². The first kappa shape index (κ1) is 17.6. The lowest BCUT2D eigenvalue weighted by Crippen LogP contribution is -2.44. The average molecular weight is 388 g/mol. The van der Waals surface area contributed by atoms with Crippen LogP contribution in [0.5, 0.6) is 0 Å². The van der Waals surface area contributed by atoms with Gasteiger partial charge < -0.3 is 16.0 Å². The summed E-state index contributed by atoms with van der Waals surface area (Å²) in [5.41, 5.74) is 8.47. The van der Waals surface area contributed by atoms with Gasteiger partial charge in [0, 0.05) is 31.5 Å². The summed E-state index contributed by atoms with van der Waals surface area (Å²) in [6.07, 6.45) is 7.85. The number of anilines is 2. The smallest absolute Gasteiger partial charge is 0.221 e. The molecule has 0 amide bonds. The van der Waals surface area contributed by atoms with Crippen molar-refractivity contribution in [3.63, 3.8) is 0 Å². The van der Waals surface area contributed by atoms with Gasteiger partial charge >= 0.3 is 0 Å². The molecule has 1 atom stereocenters. The highest BCUT2D eigenvalue weighted by molar-refractivity contribution is 7.88. The minimum absolute atomic E-state index is 0.0783. The van der Waals surface area contributed by atoms with Crippen LogP contribution < -0.4 is 11.1 Å². The Hall–Kier alpha value is -2.79. The Morgan fingerprint density at radius 1 is 1.30 bits per heavy atom. The van der Waals surface area contributed by atoms with E-state index in [1.54, 1.807) is 18.6 Å². The van der Waals surface area contributed by atoms with Crippen LogP contribution in [0.1, 0.15) is 12.8 Å². The largest absolute Gasteiger partial charge is 0.368 e. The van der Waals surface area contributed by atoms with Crippen molar-refractivity contribution < 1.29 is 8.42 Å². The molecule has 1 aliphatic rings. The molecule has 0 saturated carbocycles. The molecule has 3 aromatic heterocycles. The number of fused-ring (bicyclic) bond motifs is 1. The van der Waals surface area contributed by atoms with E-state index in [4.69, 9.17) is 5.73 Å². The minimum Gasteiger partial charge on any atom is -0.368 e. The summed E-state index contributed by atoms with van der Waals surface area (Å²) in [5, 5.41) is 3.32. The van der Waals surface area contributed by atoms with Gasteiger partial charge in [-0.25, -0.2) is 27.7 Å². The molecular weight excluding hydrogens is 368 g/mol. The monoisotopic (exact) mass is 388 g/mol. The Morgan fingerprint density at radius 3 is 2.96 bits per heavy atom. The molecule has 11 heteroatoms. The topological polar surface area (TPSA) is 143 Å². The second kappa shape index (κ2) is 6.74. The highest BCUT2D eigenvalue weighted by Gasteiger charge is 2.27. The van der Waals surface area contributed by atoms with E-state index in [0.717, 1.165) is 18.4 Å². The van der Waals surface area contributed by atoms with Crippen molar-refractivity contribution in [1.29, 1.82) is 0 Å². The van der Waals surface area contributed by atoms with E-state index in [1.807, 2.05) is 6.07 Å². The lowest BCUT2D eigenvalue weighted by molar-refractivity contribution is 0.329. The van der Waals surface area contributed by atoms with Gasteiger partial charge in [0.1, 0.15) is 11.3 Å². The van der Waals surface area contributed by atoms with Crippen LogP contribution in [0.25, 0.3) is 22.4 Å². The zero-order chi connectivity index (χ0) is 19.0. The fourth-order valence-electron chi connectivity index (χ4n) is 3.21. The van der Waals surface area contributed by atoms with Gasteiger partial charge in [-0.2, -0.15) is 4.98 Å². The second-order valence-corrected chi connectivity index (χ2v) is 8.54. The van der Waals surface area contributed by atoms with Crippen LogP contribution in [-0.4, -0.2) is 63.0 Å². The zero-order valence-electron chi connectivity index (χ0n) is 14.8. The van der Waals surface area contributed by atoms with Gasteiger partial charge in [0.2, 0.25) is 16.0 Å². The number of piperidine rings is 1. The lowest BCUT2D eigenvalue weighted by Gasteiger charge is -2.32. The molecule has 142 valence electrons. The summed E-state index contributed by atoms with van der Waals surface area (Å²) in [7, 11) is -3.23. The Bertz CT molecular complexity index is 1080. The summed E-state index contributed by atoms with van der Waals surface area (Å²) >= 11 is 0. The lowest BCUT2D eigenvalue weighted by atomic mass is 10.1. The number of hydrogen-bond acceptors (Lipinski definition) is 8. The maximum atomic E-state index is 11.9. The Morgan fingerprint density at radius 2 is 2.15 bits per heavy atom. The van der Waals surface area contributed by atoms with E-state index in [9.17, 15) is 8.42 Å². The Balaban J connectivity index is 1.65. The molecule has 1 aliphatic heterocycles. The third-order valence-electron chi connectivity index (χ3n) is 4.54. The number of H-pyrrole nitrogens is 1. The van der Waals surface area contributed by atoms with Crippen molar-refractivity contribution in [3.05, 3.63) is 24.7 Å². The summed E-state index contributed by atoms with van der Waals surface area (Å²) in [6, 6.07) is 1.76. The predicted molar refractivity (Wildman–Crippen MR) is 102 cm³/mol. The van der Waals surface area contributed by atoms with Crippen molar-refractivity contribution in [3.8, 4) is 11.3 Å². The van der Waals surface area contributed by atoms with E-state index < -0.39 is 10.0 Å². The van der Waals surface area contributed by atoms with Gasteiger partial charge in [0.15, 0.2) is 5.65 Å². The first-order valence-corrected chi connectivity index (χ1v) is 10.4. The van der Waals surface area contributed by atoms with Crippen molar-refractivity contribution >= 4 is 33.0 Å². The van der Waals surface area contributed by atoms with Gasteiger partial charge in [-0.1, -0.05) is 0 Å².